The van der Waals surface area contributed by atoms with E-state index in [1.165, 1.54) is 4.90 Å². The highest BCUT2D eigenvalue weighted by Crippen LogP contribution is 2.50. The maximum absolute atomic E-state index is 12.8. The zero-order valence-corrected chi connectivity index (χ0v) is 15.2. The number of hydrogen-bond acceptors (Lipinski definition) is 6. The monoisotopic (exact) mass is 374 g/mol. The predicted octanol–water partition coefficient (Wildman–Crippen LogP) is 0.753. The molecule has 2 heterocycles. The largest absolute Gasteiger partial charge is 0.459 e. The third kappa shape index (κ3) is 3.43. The van der Waals surface area contributed by atoms with E-state index in [0.29, 0.717) is 26.2 Å². The van der Waals surface area contributed by atoms with Gasteiger partial charge in [0, 0.05) is 32.1 Å². The van der Waals surface area contributed by atoms with Crippen LogP contribution in [0.3, 0.4) is 0 Å². The number of esters is 1. The molecule has 1 saturated carbocycles. The lowest BCUT2D eigenvalue weighted by Gasteiger charge is -2.34. The molecule has 144 valence electrons. The van der Waals surface area contributed by atoms with Crippen molar-refractivity contribution in [2.24, 2.45) is 5.92 Å². The molecule has 4 rings (SSSR count). The first kappa shape index (κ1) is 17.6. The summed E-state index contributed by atoms with van der Waals surface area (Å²) in [6.07, 6.45) is 0.820. The van der Waals surface area contributed by atoms with Gasteiger partial charge < -0.3 is 24.0 Å². The van der Waals surface area contributed by atoms with Gasteiger partial charge in [-0.2, -0.15) is 0 Å². The summed E-state index contributed by atoms with van der Waals surface area (Å²) < 4.78 is 15.5. The number of carbonyl (C=O) groups excluding carboxylic acids is 3. The molecule has 3 aliphatic rings. The molecule has 1 aromatic rings. The summed E-state index contributed by atoms with van der Waals surface area (Å²) in [5.74, 6) is 0.294. The minimum Gasteiger partial charge on any atom is -0.459 e. The Hall–Kier alpha value is -2.77. The lowest BCUT2D eigenvalue weighted by Crippen LogP contribution is -2.52. The number of benzene rings is 1. The highest BCUT2D eigenvalue weighted by atomic mass is 16.7. The second-order valence-corrected chi connectivity index (χ2v) is 6.90. The Balaban J connectivity index is 1.30. The molecule has 1 aromatic carbocycles. The second kappa shape index (κ2) is 7.09. The Bertz CT molecular complexity index is 771. The molecule has 0 radical (unpaired) electrons. The zero-order valence-electron chi connectivity index (χ0n) is 15.2. The van der Waals surface area contributed by atoms with Crippen LogP contribution in [0.15, 0.2) is 18.2 Å². The van der Waals surface area contributed by atoms with E-state index >= 15 is 0 Å². The van der Waals surface area contributed by atoms with E-state index in [-0.39, 0.29) is 31.1 Å². The van der Waals surface area contributed by atoms with Gasteiger partial charge in [0.2, 0.25) is 12.7 Å². The molecule has 8 nitrogen and oxygen atoms in total. The lowest BCUT2D eigenvalue weighted by atomic mass is 10.1. The predicted molar refractivity (Wildman–Crippen MR) is 93.2 cm³/mol. The Kier molecular flexibility index (Phi) is 4.63. The SMILES string of the molecule is CCOC(=O)C(=O)N1CCN(C(=O)C2CC2c2ccc3c(c2)OCO3)CC1. The van der Waals surface area contributed by atoms with Crippen molar-refractivity contribution in [1.29, 1.82) is 0 Å². The van der Waals surface area contributed by atoms with Crippen molar-refractivity contribution in [2.75, 3.05) is 39.6 Å². The fraction of sp³-hybridized carbons (Fsp3) is 0.526. The van der Waals surface area contributed by atoms with Crippen LogP contribution >= 0.6 is 0 Å². The number of hydrogen-bond donors (Lipinski definition) is 0. The van der Waals surface area contributed by atoms with Crippen LogP contribution in [0.2, 0.25) is 0 Å². The summed E-state index contributed by atoms with van der Waals surface area (Å²) in [4.78, 5) is 39.5. The summed E-state index contributed by atoms with van der Waals surface area (Å²) in [6.45, 7) is 3.65. The molecule has 2 unspecified atom stereocenters. The maximum Gasteiger partial charge on any atom is 0.397 e. The van der Waals surface area contributed by atoms with E-state index in [2.05, 4.69) is 0 Å². The first-order chi connectivity index (χ1) is 13.1. The number of carbonyl (C=O) groups is 3. The molecule has 0 bridgehead atoms. The fourth-order valence-corrected chi connectivity index (χ4v) is 3.67. The fourth-order valence-electron chi connectivity index (χ4n) is 3.67. The van der Waals surface area contributed by atoms with Crippen molar-refractivity contribution in [1.82, 2.24) is 9.80 Å². The van der Waals surface area contributed by atoms with Gasteiger partial charge in [-0.15, -0.1) is 0 Å². The van der Waals surface area contributed by atoms with Crippen LogP contribution in [0.4, 0.5) is 0 Å². The number of fused-ring (bicyclic) bond motifs is 1. The summed E-state index contributed by atoms with van der Waals surface area (Å²) in [5, 5.41) is 0. The highest BCUT2D eigenvalue weighted by Gasteiger charge is 2.46. The lowest BCUT2D eigenvalue weighted by molar-refractivity contribution is -0.161. The van der Waals surface area contributed by atoms with Gasteiger partial charge >= 0.3 is 11.9 Å². The first-order valence-corrected chi connectivity index (χ1v) is 9.23. The van der Waals surface area contributed by atoms with Gasteiger partial charge in [-0.25, -0.2) is 4.79 Å². The Morgan fingerprint density at radius 3 is 2.52 bits per heavy atom. The number of ether oxygens (including phenoxy) is 3. The summed E-state index contributed by atoms with van der Waals surface area (Å²) in [5.41, 5.74) is 1.09. The average Bonchev–Trinajstić information content (AvgIpc) is 3.36. The summed E-state index contributed by atoms with van der Waals surface area (Å²) in [6, 6.07) is 5.83. The number of rotatable bonds is 3. The van der Waals surface area contributed by atoms with E-state index in [1.54, 1.807) is 11.8 Å². The van der Waals surface area contributed by atoms with Gasteiger partial charge in [0.25, 0.3) is 0 Å². The van der Waals surface area contributed by atoms with Crippen LogP contribution in [0.1, 0.15) is 24.8 Å². The van der Waals surface area contributed by atoms with E-state index in [1.807, 2.05) is 18.2 Å². The normalized spacial score (nSPS) is 23.1. The molecule has 8 heteroatoms. The van der Waals surface area contributed by atoms with E-state index in [4.69, 9.17) is 14.2 Å². The minimum absolute atomic E-state index is 0.0299. The molecule has 1 saturated heterocycles. The standard InChI is InChI=1S/C19H22N2O6/c1-2-25-19(24)18(23)21-7-5-20(6-8-21)17(22)14-10-13(14)12-3-4-15-16(9-12)27-11-26-15/h3-4,9,13-14H,2,5-8,10-11H2,1H3. The van der Waals surface area contributed by atoms with Crippen molar-refractivity contribution < 1.29 is 28.6 Å². The molecule has 2 aliphatic heterocycles. The maximum atomic E-state index is 12.8. The van der Waals surface area contributed by atoms with Crippen molar-refractivity contribution in [2.45, 2.75) is 19.3 Å². The molecule has 0 N–H and O–H groups in total. The van der Waals surface area contributed by atoms with Crippen LogP contribution in [-0.2, 0) is 19.1 Å². The van der Waals surface area contributed by atoms with Crippen molar-refractivity contribution in [3.8, 4) is 11.5 Å². The van der Waals surface area contributed by atoms with E-state index in [9.17, 15) is 14.4 Å². The molecular formula is C19H22N2O6. The van der Waals surface area contributed by atoms with Crippen molar-refractivity contribution in [3.05, 3.63) is 23.8 Å². The van der Waals surface area contributed by atoms with E-state index in [0.717, 1.165) is 23.5 Å². The third-order valence-electron chi connectivity index (χ3n) is 5.26. The van der Waals surface area contributed by atoms with Crippen molar-refractivity contribution >= 4 is 17.8 Å². The Labute approximate surface area is 157 Å². The Morgan fingerprint density at radius 2 is 1.78 bits per heavy atom. The molecule has 0 aromatic heterocycles. The van der Waals surface area contributed by atoms with Crippen LogP contribution in [0.5, 0.6) is 11.5 Å². The number of amides is 2. The van der Waals surface area contributed by atoms with Crippen LogP contribution in [0.25, 0.3) is 0 Å². The molecule has 1 aliphatic carbocycles. The highest BCUT2D eigenvalue weighted by molar-refractivity contribution is 6.32. The minimum atomic E-state index is -0.831. The molecular weight excluding hydrogens is 352 g/mol. The first-order valence-electron chi connectivity index (χ1n) is 9.23. The van der Waals surface area contributed by atoms with Crippen LogP contribution in [0, 0.1) is 5.92 Å². The van der Waals surface area contributed by atoms with Gasteiger partial charge in [-0.3, -0.25) is 9.59 Å². The molecule has 2 amide bonds. The van der Waals surface area contributed by atoms with Gasteiger partial charge in [0.1, 0.15) is 0 Å². The zero-order chi connectivity index (χ0) is 19.0. The molecule has 2 fully saturated rings. The van der Waals surface area contributed by atoms with Gasteiger partial charge in [0.05, 0.1) is 6.61 Å². The number of nitrogens with zero attached hydrogens (tertiary/aromatic N) is 2. The van der Waals surface area contributed by atoms with Gasteiger partial charge in [-0.05, 0) is 37.0 Å². The van der Waals surface area contributed by atoms with E-state index < -0.39 is 11.9 Å². The van der Waals surface area contributed by atoms with Crippen molar-refractivity contribution in [3.63, 3.8) is 0 Å². The topological polar surface area (TPSA) is 85.4 Å². The average molecular weight is 374 g/mol. The molecule has 27 heavy (non-hydrogen) atoms. The smallest absolute Gasteiger partial charge is 0.397 e. The molecule has 2 atom stereocenters. The summed E-state index contributed by atoms with van der Waals surface area (Å²) in [7, 11) is 0. The Morgan fingerprint density at radius 1 is 1.07 bits per heavy atom. The molecule has 0 spiro atoms. The van der Waals surface area contributed by atoms with Gasteiger partial charge in [-0.1, -0.05) is 6.07 Å². The third-order valence-corrected chi connectivity index (χ3v) is 5.26. The summed E-state index contributed by atoms with van der Waals surface area (Å²) >= 11 is 0. The second-order valence-electron chi connectivity index (χ2n) is 6.90. The number of piperazine rings is 1. The van der Waals surface area contributed by atoms with Gasteiger partial charge in [0.15, 0.2) is 11.5 Å². The van der Waals surface area contributed by atoms with Crippen LogP contribution in [-0.4, -0.2) is 67.2 Å². The van der Waals surface area contributed by atoms with Crippen LogP contribution < -0.4 is 9.47 Å². The quantitative estimate of drug-likeness (QED) is 0.573.